The number of carbonyl (C=O) groups excluding carboxylic acids is 1. The molecule has 0 aliphatic rings. The zero-order valence-electron chi connectivity index (χ0n) is 14.3. The first-order valence-corrected chi connectivity index (χ1v) is 9.65. The fourth-order valence-corrected chi connectivity index (χ4v) is 4.02. The third-order valence-corrected chi connectivity index (χ3v) is 5.82. The van der Waals surface area contributed by atoms with Crippen molar-refractivity contribution < 1.29 is 13.2 Å². The predicted molar refractivity (Wildman–Crippen MR) is 104 cm³/mol. The van der Waals surface area contributed by atoms with Gasteiger partial charge in [0, 0.05) is 11.6 Å². The summed E-state index contributed by atoms with van der Waals surface area (Å²) in [5.74, 6) is -0.347. The molecule has 130 valence electrons. The Labute approximate surface area is 153 Å². The zero-order valence-corrected chi connectivity index (χ0v) is 15.1. The minimum absolute atomic E-state index is 0.00388. The minimum Gasteiger partial charge on any atom is -0.289 e. The van der Waals surface area contributed by atoms with E-state index >= 15 is 0 Å². The monoisotopic (exact) mass is 362 g/mol. The minimum atomic E-state index is -3.83. The number of carbonyl (C=O) groups is 1. The van der Waals surface area contributed by atoms with Crippen molar-refractivity contribution in [1.82, 2.24) is 0 Å². The van der Waals surface area contributed by atoms with Crippen LogP contribution in [-0.4, -0.2) is 14.2 Å². The Morgan fingerprint density at radius 3 is 1.77 bits per heavy atom. The lowest BCUT2D eigenvalue weighted by molar-refractivity contribution is 0.104. The van der Waals surface area contributed by atoms with Crippen molar-refractivity contribution in [3.63, 3.8) is 0 Å². The Balaban J connectivity index is 2.14. The van der Waals surface area contributed by atoms with Crippen molar-refractivity contribution in [2.24, 2.45) is 0 Å². The summed E-state index contributed by atoms with van der Waals surface area (Å²) in [5.41, 5.74) is 1.90. The number of rotatable bonds is 5. The van der Waals surface area contributed by atoms with E-state index in [2.05, 4.69) is 0 Å². The Hall–Kier alpha value is -2.98. The number of sulfone groups is 1. The van der Waals surface area contributed by atoms with E-state index in [0.29, 0.717) is 11.1 Å². The van der Waals surface area contributed by atoms with Crippen molar-refractivity contribution in [2.75, 3.05) is 0 Å². The highest BCUT2D eigenvalue weighted by Crippen LogP contribution is 2.28. The molecule has 4 heteroatoms. The van der Waals surface area contributed by atoms with Crippen molar-refractivity contribution in [1.29, 1.82) is 0 Å². The van der Waals surface area contributed by atoms with Crippen LogP contribution in [0.3, 0.4) is 0 Å². The molecule has 0 heterocycles. The van der Waals surface area contributed by atoms with Crippen LogP contribution in [-0.2, 0) is 9.84 Å². The zero-order chi connectivity index (χ0) is 18.6. The molecule has 0 fully saturated rings. The fraction of sp³-hybridized carbons (Fsp3) is 0.0455. The molecule has 0 aliphatic heterocycles. The van der Waals surface area contributed by atoms with Gasteiger partial charge in [-0.2, -0.15) is 0 Å². The molecule has 0 unspecified atom stereocenters. The van der Waals surface area contributed by atoms with E-state index in [1.54, 1.807) is 78.9 Å². The molecule has 3 rings (SSSR count). The molecule has 0 radical (unpaired) electrons. The molecule has 0 amide bonds. The highest BCUT2D eigenvalue weighted by Gasteiger charge is 2.23. The summed E-state index contributed by atoms with van der Waals surface area (Å²) >= 11 is 0. The van der Waals surface area contributed by atoms with Crippen LogP contribution in [0.15, 0.2) is 95.9 Å². The van der Waals surface area contributed by atoms with Gasteiger partial charge in [-0.25, -0.2) is 8.42 Å². The standard InChI is InChI=1S/C22H18O3S/c1-17-12-14-20(15-13-17)26(24,25)22(19-10-6-3-7-11-19)16-21(23)18-8-4-2-5-9-18/h2-16H,1H3. The van der Waals surface area contributed by atoms with Crippen molar-refractivity contribution in [3.8, 4) is 0 Å². The molecule has 0 bridgehead atoms. The summed E-state index contributed by atoms with van der Waals surface area (Å²) in [6.07, 6.45) is 1.21. The largest absolute Gasteiger partial charge is 0.289 e. The lowest BCUT2D eigenvalue weighted by Crippen LogP contribution is -2.07. The van der Waals surface area contributed by atoms with Gasteiger partial charge in [-0.05, 0) is 24.6 Å². The van der Waals surface area contributed by atoms with Gasteiger partial charge in [-0.1, -0.05) is 78.4 Å². The quantitative estimate of drug-likeness (QED) is 0.489. The average molecular weight is 362 g/mol. The average Bonchev–Trinajstić information content (AvgIpc) is 2.67. The van der Waals surface area contributed by atoms with Crippen LogP contribution in [0.1, 0.15) is 21.5 Å². The molecule has 0 aromatic heterocycles. The number of hydrogen-bond acceptors (Lipinski definition) is 3. The lowest BCUT2D eigenvalue weighted by Gasteiger charge is -2.10. The number of aryl methyl sites for hydroxylation is 1. The van der Waals surface area contributed by atoms with Crippen molar-refractivity contribution >= 4 is 20.5 Å². The van der Waals surface area contributed by atoms with Crippen LogP contribution in [0.4, 0.5) is 0 Å². The second-order valence-electron chi connectivity index (χ2n) is 5.92. The molecule has 0 spiro atoms. The normalized spacial score (nSPS) is 12.0. The molecule has 0 saturated carbocycles. The maximum absolute atomic E-state index is 13.2. The van der Waals surface area contributed by atoms with Crippen LogP contribution >= 0.6 is 0 Å². The lowest BCUT2D eigenvalue weighted by atomic mass is 10.1. The fourth-order valence-electron chi connectivity index (χ4n) is 2.57. The van der Waals surface area contributed by atoms with E-state index in [4.69, 9.17) is 0 Å². The Morgan fingerprint density at radius 2 is 1.23 bits per heavy atom. The molecule has 0 atom stereocenters. The van der Waals surface area contributed by atoms with Crippen molar-refractivity contribution in [2.45, 2.75) is 11.8 Å². The molecule has 0 saturated heterocycles. The smallest absolute Gasteiger partial charge is 0.207 e. The van der Waals surface area contributed by atoms with Gasteiger partial charge in [0.25, 0.3) is 0 Å². The number of hydrogen-bond donors (Lipinski definition) is 0. The van der Waals surface area contributed by atoms with Crippen LogP contribution in [0.2, 0.25) is 0 Å². The van der Waals surface area contributed by atoms with E-state index in [0.717, 1.165) is 5.56 Å². The third kappa shape index (κ3) is 3.81. The predicted octanol–water partition coefficient (Wildman–Crippen LogP) is 4.69. The molecular weight excluding hydrogens is 344 g/mol. The van der Waals surface area contributed by atoms with Gasteiger partial charge in [0.05, 0.1) is 9.80 Å². The van der Waals surface area contributed by atoms with Gasteiger partial charge < -0.3 is 0 Å². The first kappa shape index (κ1) is 17.8. The summed E-state index contributed by atoms with van der Waals surface area (Å²) in [5, 5.41) is 0. The summed E-state index contributed by atoms with van der Waals surface area (Å²) < 4.78 is 26.4. The van der Waals surface area contributed by atoms with E-state index in [-0.39, 0.29) is 15.6 Å². The number of allylic oxidation sites excluding steroid dienone is 1. The maximum Gasteiger partial charge on any atom is 0.207 e. The second-order valence-corrected chi connectivity index (χ2v) is 7.84. The molecular formula is C22H18O3S. The van der Waals surface area contributed by atoms with E-state index in [9.17, 15) is 13.2 Å². The van der Waals surface area contributed by atoms with Gasteiger partial charge in [0.1, 0.15) is 0 Å². The summed E-state index contributed by atoms with van der Waals surface area (Å²) in [7, 11) is -3.83. The topological polar surface area (TPSA) is 51.2 Å². The summed E-state index contributed by atoms with van der Waals surface area (Å²) in [4.78, 5) is 12.8. The van der Waals surface area contributed by atoms with Gasteiger partial charge in [0.15, 0.2) is 5.78 Å². The number of ketones is 1. The van der Waals surface area contributed by atoms with Crippen molar-refractivity contribution in [3.05, 3.63) is 108 Å². The van der Waals surface area contributed by atoms with Gasteiger partial charge in [-0.3, -0.25) is 4.79 Å². The van der Waals surface area contributed by atoms with Gasteiger partial charge >= 0.3 is 0 Å². The molecule has 26 heavy (non-hydrogen) atoms. The number of benzene rings is 3. The summed E-state index contributed by atoms with van der Waals surface area (Å²) in [6, 6.07) is 23.9. The SMILES string of the molecule is Cc1ccc(S(=O)(=O)C(=CC(=O)c2ccccc2)c2ccccc2)cc1. The molecule has 3 aromatic rings. The van der Waals surface area contributed by atoms with Crippen LogP contribution in [0, 0.1) is 6.92 Å². The van der Waals surface area contributed by atoms with Gasteiger partial charge in [0.2, 0.25) is 9.84 Å². The van der Waals surface area contributed by atoms with E-state index in [1.807, 2.05) is 13.0 Å². The highest BCUT2D eigenvalue weighted by atomic mass is 32.2. The second kappa shape index (κ2) is 7.50. The van der Waals surface area contributed by atoms with Crippen LogP contribution < -0.4 is 0 Å². The highest BCUT2D eigenvalue weighted by molar-refractivity contribution is 8.00. The molecule has 0 N–H and O–H groups in total. The van der Waals surface area contributed by atoms with Crippen LogP contribution in [0.5, 0.6) is 0 Å². The third-order valence-electron chi connectivity index (χ3n) is 4.00. The van der Waals surface area contributed by atoms with Gasteiger partial charge in [-0.15, -0.1) is 0 Å². The van der Waals surface area contributed by atoms with E-state index in [1.165, 1.54) is 6.08 Å². The molecule has 0 aliphatic carbocycles. The Kier molecular flexibility index (Phi) is 5.14. The van der Waals surface area contributed by atoms with E-state index < -0.39 is 9.84 Å². The summed E-state index contributed by atoms with van der Waals surface area (Å²) in [6.45, 7) is 1.89. The molecule has 3 aromatic carbocycles. The Morgan fingerprint density at radius 1 is 0.731 bits per heavy atom. The first-order chi connectivity index (χ1) is 12.5. The first-order valence-electron chi connectivity index (χ1n) is 8.17. The molecule has 3 nitrogen and oxygen atoms in total. The van der Waals surface area contributed by atoms with Crippen LogP contribution in [0.25, 0.3) is 4.91 Å². The Bertz CT molecular complexity index is 1030. The maximum atomic E-state index is 13.2.